The highest BCUT2D eigenvalue weighted by Crippen LogP contribution is 2.23. The van der Waals surface area contributed by atoms with Crippen LogP contribution in [0.25, 0.3) is 11.0 Å². The van der Waals surface area contributed by atoms with E-state index in [1.165, 1.54) is 43.5 Å². The van der Waals surface area contributed by atoms with E-state index in [0.29, 0.717) is 28.1 Å². The second kappa shape index (κ2) is 11.7. The first-order chi connectivity index (χ1) is 18.7. The Kier molecular flexibility index (Phi) is 8.15. The Bertz CT molecular complexity index is 1680. The van der Waals surface area contributed by atoms with Crippen molar-refractivity contribution >= 4 is 44.4 Å². The van der Waals surface area contributed by atoms with Crippen molar-refractivity contribution < 1.29 is 36.6 Å². The average Bonchev–Trinajstić information content (AvgIpc) is 2.91. The highest BCUT2D eigenvalue weighted by Gasteiger charge is 2.18. The lowest BCUT2D eigenvalue weighted by Crippen LogP contribution is -2.14. The number of ether oxygens (including phenoxy) is 3. The van der Waals surface area contributed by atoms with Gasteiger partial charge in [-0.05, 0) is 61.5 Å². The Morgan fingerprint density at radius 2 is 1.67 bits per heavy atom. The van der Waals surface area contributed by atoms with E-state index in [4.69, 9.17) is 18.6 Å². The molecule has 2 N–H and O–H groups in total. The van der Waals surface area contributed by atoms with Gasteiger partial charge in [0.2, 0.25) is 0 Å². The van der Waals surface area contributed by atoms with Crippen LogP contribution in [0.2, 0.25) is 0 Å². The van der Waals surface area contributed by atoms with Gasteiger partial charge in [-0.15, -0.1) is 0 Å². The van der Waals surface area contributed by atoms with Crippen molar-refractivity contribution in [2.45, 2.75) is 18.4 Å². The Labute approximate surface area is 223 Å². The van der Waals surface area contributed by atoms with Crippen LogP contribution in [0.15, 0.2) is 86.9 Å². The molecule has 0 radical (unpaired) electrons. The molecule has 0 atom stereocenters. The number of carbonyl (C=O) groups excluding carboxylic acids is 2. The third kappa shape index (κ3) is 6.73. The van der Waals surface area contributed by atoms with Crippen molar-refractivity contribution in [3.05, 3.63) is 94.3 Å². The maximum Gasteiger partial charge on any atom is 0.411 e. The summed E-state index contributed by atoms with van der Waals surface area (Å²) in [5.41, 5.74) is 0.516. The van der Waals surface area contributed by atoms with E-state index in [1.54, 1.807) is 43.3 Å². The quantitative estimate of drug-likeness (QED) is 0.225. The topological polar surface area (TPSA) is 150 Å². The lowest BCUT2D eigenvalue weighted by Gasteiger charge is -2.11. The summed E-state index contributed by atoms with van der Waals surface area (Å²) in [6.45, 7) is 1.58. The molecule has 4 aromatic rings. The summed E-state index contributed by atoms with van der Waals surface area (Å²) in [7, 11) is -2.50. The van der Waals surface area contributed by atoms with Crippen molar-refractivity contribution in [2.75, 3.05) is 23.8 Å². The summed E-state index contributed by atoms with van der Waals surface area (Å²) < 4.78 is 48.6. The molecular weight excluding hydrogens is 528 g/mol. The number of fused-ring (bicyclic) bond motifs is 1. The van der Waals surface area contributed by atoms with E-state index >= 15 is 0 Å². The monoisotopic (exact) mass is 552 g/mol. The Balaban J connectivity index is 1.49. The first-order valence-electron chi connectivity index (χ1n) is 11.6. The third-order valence-electron chi connectivity index (χ3n) is 5.43. The number of amides is 1. The zero-order chi connectivity index (χ0) is 28.0. The third-order valence-corrected chi connectivity index (χ3v) is 6.81. The minimum absolute atomic E-state index is 0.000741. The zero-order valence-electron chi connectivity index (χ0n) is 20.9. The van der Waals surface area contributed by atoms with Crippen LogP contribution in [-0.2, 0) is 26.1 Å². The van der Waals surface area contributed by atoms with Crippen LogP contribution in [0.1, 0.15) is 22.8 Å². The number of hydrogen-bond donors (Lipinski definition) is 2. The minimum atomic E-state index is -4.00. The normalized spacial score (nSPS) is 11.0. The maximum absolute atomic E-state index is 12.9. The molecule has 0 aliphatic heterocycles. The fourth-order valence-electron chi connectivity index (χ4n) is 3.60. The molecule has 11 nitrogen and oxygen atoms in total. The molecule has 0 spiro atoms. The highest BCUT2D eigenvalue weighted by molar-refractivity contribution is 7.92. The minimum Gasteiger partial charge on any atom is -0.497 e. The van der Waals surface area contributed by atoms with E-state index in [1.807, 2.05) is 0 Å². The predicted octanol–water partition coefficient (Wildman–Crippen LogP) is 4.53. The average molecular weight is 553 g/mol. The Morgan fingerprint density at radius 3 is 2.38 bits per heavy atom. The van der Waals surface area contributed by atoms with Crippen LogP contribution in [0.5, 0.6) is 5.75 Å². The number of anilines is 2. The van der Waals surface area contributed by atoms with E-state index < -0.39 is 27.7 Å². The van der Waals surface area contributed by atoms with Crippen molar-refractivity contribution in [1.29, 1.82) is 0 Å². The van der Waals surface area contributed by atoms with E-state index in [2.05, 4.69) is 10.0 Å². The van der Waals surface area contributed by atoms with Crippen molar-refractivity contribution in [2.24, 2.45) is 0 Å². The molecule has 0 fully saturated rings. The van der Waals surface area contributed by atoms with Crippen LogP contribution in [0.3, 0.4) is 0 Å². The Morgan fingerprint density at radius 1 is 0.923 bits per heavy atom. The van der Waals surface area contributed by atoms with Crippen molar-refractivity contribution in [3.8, 4) is 5.75 Å². The molecule has 0 unspecified atom stereocenters. The van der Waals surface area contributed by atoms with Crippen LogP contribution < -0.4 is 20.4 Å². The van der Waals surface area contributed by atoms with Gasteiger partial charge in [-0.1, -0.05) is 6.07 Å². The molecule has 0 aliphatic rings. The molecule has 1 amide bonds. The van der Waals surface area contributed by atoms with Crippen molar-refractivity contribution in [1.82, 2.24) is 0 Å². The van der Waals surface area contributed by atoms with Gasteiger partial charge in [0.1, 0.15) is 17.9 Å². The molecule has 202 valence electrons. The fraction of sp³-hybridized carbons (Fsp3) is 0.148. The fourth-order valence-corrected chi connectivity index (χ4v) is 4.71. The first kappa shape index (κ1) is 27.2. The largest absolute Gasteiger partial charge is 0.497 e. The van der Waals surface area contributed by atoms with Gasteiger partial charge in [-0.2, -0.15) is 0 Å². The summed E-state index contributed by atoms with van der Waals surface area (Å²) in [4.78, 5) is 36.4. The highest BCUT2D eigenvalue weighted by atomic mass is 32.2. The SMILES string of the molecule is CCOC(=O)Nc1ccc2c(COC(=O)c3cccc(S(=O)(=O)Nc4ccc(OC)cc4)c3)cc(=O)oc2c1. The zero-order valence-corrected chi connectivity index (χ0v) is 21.7. The molecular formula is C27H24N2O9S. The molecule has 39 heavy (non-hydrogen) atoms. The maximum atomic E-state index is 12.9. The van der Waals surface area contributed by atoms with Gasteiger partial charge in [0.15, 0.2) is 0 Å². The number of methoxy groups -OCH3 is 1. The number of esters is 1. The lowest BCUT2D eigenvalue weighted by molar-refractivity contribution is 0.0473. The molecule has 1 heterocycles. The van der Waals surface area contributed by atoms with Gasteiger partial charge in [0, 0.05) is 34.5 Å². The smallest absolute Gasteiger partial charge is 0.411 e. The molecule has 1 aromatic heterocycles. The molecule has 0 aliphatic carbocycles. The van der Waals surface area contributed by atoms with Gasteiger partial charge in [-0.25, -0.2) is 22.8 Å². The summed E-state index contributed by atoms with van der Waals surface area (Å²) >= 11 is 0. The lowest BCUT2D eigenvalue weighted by atomic mass is 10.1. The number of sulfonamides is 1. The standard InChI is InChI=1S/C27H24N2O9S/c1-3-36-27(32)28-20-9-12-23-18(14-25(30)38-24(23)15-20)16-37-26(31)17-5-4-6-22(13-17)39(33,34)29-19-7-10-21(35-2)11-8-19/h4-15,29H,3,16H2,1-2H3,(H,28,32). The number of carbonyl (C=O) groups is 2. The van der Waals surface area contributed by atoms with E-state index in [9.17, 15) is 22.8 Å². The van der Waals surface area contributed by atoms with Crippen LogP contribution in [0.4, 0.5) is 16.2 Å². The van der Waals surface area contributed by atoms with E-state index in [-0.39, 0.29) is 29.3 Å². The van der Waals surface area contributed by atoms with Gasteiger partial charge < -0.3 is 18.6 Å². The molecule has 4 rings (SSSR count). The molecule has 0 bridgehead atoms. The summed E-state index contributed by atoms with van der Waals surface area (Å²) in [5.74, 6) is -0.223. The predicted molar refractivity (Wildman–Crippen MR) is 142 cm³/mol. The number of benzene rings is 3. The molecule has 0 saturated heterocycles. The second-order valence-electron chi connectivity index (χ2n) is 8.09. The second-order valence-corrected chi connectivity index (χ2v) is 9.77. The van der Waals surface area contributed by atoms with E-state index in [0.717, 1.165) is 0 Å². The van der Waals surface area contributed by atoms with Gasteiger partial charge in [0.25, 0.3) is 10.0 Å². The first-order valence-corrected chi connectivity index (χ1v) is 13.1. The number of hydrogen-bond acceptors (Lipinski definition) is 9. The van der Waals surface area contributed by atoms with Crippen LogP contribution in [-0.4, -0.2) is 34.2 Å². The van der Waals surface area contributed by atoms with Crippen LogP contribution >= 0.6 is 0 Å². The number of rotatable bonds is 9. The van der Waals surface area contributed by atoms with Gasteiger partial charge in [-0.3, -0.25) is 10.0 Å². The summed E-state index contributed by atoms with van der Waals surface area (Å²) in [5, 5.41) is 3.00. The van der Waals surface area contributed by atoms with Gasteiger partial charge in [0.05, 0.1) is 24.2 Å². The molecule has 0 saturated carbocycles. The van der Waals surface area contributed by atoms with Crippen LogP contribution in [0, 0.1) is 0 Å². The summed E-state index contributed by atoms with van der Waals surface area (Å²) in [6.07, 6.45) is -0.660. The molecule has 12 heteroatoms. The van der Waals surface area contributed by atoms with Gasteiger partial charge >= 0.3 is 17.7 Å². The van der Waals surface area contributed by atoms with Crippen molar-refractivity contribution in [3.63, 3.8) is 0 Å². The summed E-state index contributed by atoms with van der Waals surface area (Å²) in [6, 6.07) is 17.5. The molecule has 3 aromatic carbocycles. The number of nitrogens with one attached hydrogen (secondary N) is 2. The Hall–Kier alpha value is -4.84.